The molecule has 0 aliphatic carbocycles. The third-order valence-corrected chi connectivity index (χ3v) is 4.81. The van der Waals surface area contributed by atoms with Crippen molar-refractivity contribution in [1.82, 2.24) is 14.8 Å². The van der Waals surface area contributed by atoms with Gasteiger partial charge in [-0.1, -0.05) is 32.9 Å². The molecule has 0 amide bonds. The summed E-state index contributed by atoms with van der Waals surface area (Å²) >= 11 is 0. The van der Waals surface area contributed by atoms with E-state index in [2.05, 4.69) is 37.0 Å². The molecule has 4 aromatic rings. The van der Waals surface area contributed by atoms with Crippen molar-refractivity contribution in [3.63, 3.8) is 0 Å². The molecular weight excluding hydrogens is 332 g/mol. The minimum Gasteiger partial charge on any atom is -0.266 e. The number of rotatable bonds is 2. The summed E-state index contributed by atoms with van der Waals surface area (Å²) in [4.78, 5) is 4.65. The fourth-order valence-electron chi connectivity index (χ4n) is 3.41. The Labute approximate surface area is 160 Å². The number of aryl methyl sites for hydroxylation is 3. The lowest BCUT2D eigenvalue weighted by atomic mass is 9.99. The lowest BCUT2D eigenvalue weighted by molar-refractivity contribution is 0.799. The molecule has 0 unspecified atom stereocenters. The molecule has 2 aromatic heterocycles. The average Bonchev–Trinajstić information content (AvgIpc) is 3.06. The summed E-state index contributed by atoms with van der Waals surface area (Å²) in [6, 6.07) is 14.1. The van der Waals surface area contributed by atoms with Crippen LogP contribution in [0.25, 0.3) is 33.1 Å². The molecule has 0 saturated carbocycles. The molecule has 0 aliphatic rings. The number of nitriles is 1. The topological polar surface area (TPSA) is 54.5 Å². The van der Waals surface area contributed by atoms with Crippen molar-refractivity contribution in [2.75, 3.05) is 0 Å². The predicted molar refractivity (Wildman–Crippen MR) is 112 cm³/mol. The third kappa shape index (κ3) is 3.17. The molecule has 136 valence electrons. The van der Waals surface area contributed by atoms with Gasteiger partial charge in [0.25, 0.3) is 0 Å². The molecule has 0 N–H and O–H groups in total. The maximum absolute atomic E-state index is 9.02. The second kappa shape index (κ2) is 7.59. The Hall–Kier alpha value is -3.19. The van der Waals surface area contributed by atoms with E-state index in [1.54, 1.807) is 0 Å². The normalized spacial score (nSPS) is 10.5. The Morgan fingerprint density at radius 3 is 2.44 bits per heavy atom. The van der Waals surface area contributed by atoms with Crippen molar-refractivity contribution in [3.8, 4) is 17.3 Å². The minimum atomic E-state index is 0.652. The van der Waals surface area contributed by atoms with Crippen molar-refractivity contribution in [3.05, 3.63) is 59.3 Å². The Kier molecular flexibility index (Phi) is 5.23. The number of hydrogen-bond acceptors (Lipinski definition) is 3. The number of benzene rings is 2. The van der Waals surface area contributed by atoms with Gasteiger partial charge in [-0.05, 0) is 48.7 Å². The van der Waals surface area contributed by atoms with Crippen LogP contribution in [0.5, 0.6) is 0 Å². The summed E-state index contributed by atoms with van der Waals surface area (Å²) in [6.45, 7) is 8.31. The van der Waals surface area contributed by atoms with Crippen LogP contribution in [0.2, 0.25) is 0 Å². The molecule has 4 heteroatoms. The molecule has 4 nitrogen and oxygen atoms in total. The van der Waals surface area contributed by atoms with E-state index in [1.807, 2.05) is 56.0 Å². The molecule has 0 spiro atoms. The Balaban J connectivity index is 0.00000102. The summed E-state index contributed by atoms with van der Waals surface area (Å²) in [6.07, 6.45) is 2.89. The molecule has 4 rings (SSSR count). The molecule has 2 aromatic carbocycles. The monoisotopic (exact) mass is 356 g/mol. The van der Waals surface area contributed by atoms with Crippen LogP contribution in [-0.2, 0) is 13.5 Å². The van der Waals surface area contributed by atoms with E-state index < -0.39 is 0 Å². The van der Waals surface area contributed by atoms with Crippen LogP contribution in [-0.4, -0.2) is 14.8 Å². The van der Waals surface area contributed by atoms with Gasteiger partial charge in [-0.25, -0.2) is 0 Å². The van der Waals surface area contributed by atoms with Crippen LogP contribution in [0.3, 0.4) is 0 Å². The zero-order chi connectivity index (χ0) is 19.6. The lowest BCUT2D eigenvalue weighted by Crippen LogP contribution is -1.92. The highest BCUT2D eigenvalue weighted by Crippen LogP contribution is 2.34. The fraction of sp³-hybridized carbons (Fsp3) is 0.261. The van der Waals surface area contributed by atoms with Crippen molar-refractivity contribution in [2.24, 2.45) is 7.05 Å². The average molecular weight is 356 g/mol. The highest BCUT2D eigenvalue weighted by atomic mass is 15.3. The Morgan fingerprint density at radius 1 is 1.11 bits per heavy atom. The van der Waals surface area contributed by atoms with Gasteiger partial charge < -0.3 is 0 Å². The van der Waals surface area contributed by atoms with Crippen LogP contribution in [0.15, 0.2) is 42.6 Å². The maximum atomic E-state index is 9.02. The number of hydrogen-bond donors (Lipinski definition) is 0. The zero-order valence-electron chi connectivity index (χ0n) is 16.5. The van der Waals surface area contributed by atoms with Crippen molar-refractivity contribution in [1.29, 1.82) is 5.26 Å². The van der Waals surface area contributed by atoms with Gasteiger partial charge in [-0.3, -0.25) is 9.67 Å². The minimum absolute atomic E-state index is 0.652. The van der Waals surface area contributed by atoms with Crippen LogP contribution >= 0.6 is 0 Å². The number of nitrogens with zero attached hydrogens (tertiary/aromatic N) is 4. The van der Waals surface area contributed by atoms with Crippen molar-refractivity contribution < 1.29 is 0 Å². The van der Waals surface area contributed by atoms with Gasteiger partial charge in [-0.2, -0.15) is 10.4 Å². The summed E-state index contributed by atoms with van der Waals surface area (Å²) in [7, 11) is 1.94. The van der Waals surface area contributed by atoms with Crippen molar-refractivity contribution >= 4 is 21.8 Å². The van der Waals surface area contributed by atoms with Crippen LogP contribution in [0.1, 0.15) is 37.5 Å². The quantitative estimate of drug-likeness (QED) is 0.472. The summed E-state index contributed by atoms with van der Waals surface area (Å²) in [5.41, 5.74) is 7.20. The largest absolute Gasteiger partial charge is 0.266 e. The van der Waals surface area contributed by atoms with Crippen LogP contribution < -0.4 is 0 Å². The van der Waals surface area contributed by atoms with E-state index >= 15 is 0 Å². The van der Waals surface area contributed by atoms with Gasteiger partial charge >= 0.3 is 0 Å². The van der Waals surface area contributed by atoms with E-state index in [4.69, 9.17) is 10.4 Å². The third-order valence-electron chi connectivity index (χ3n) is 4.81. The maximum Gasteiger partial charge on any atom is 0.101 e. The van der Waals surface area contributed by atoms with E-state index in [9.17, 15) is 0 Å². The highest BCUT2D eigenvalue weighted by molar-refractivity contribution is 6.11. The molecule has 2 heterocycles. The molecular formula is C23H24N4. The van der Waals surface area contributed by atoms with E-state index in [0.717, 1.165) is 39.5 Å². The van der Waals surface area contributed by atoms with Crippen LogP contribution in [0.4, 0.5) is 0 Å². The van der Waals surface area contributed by atoms with Gasteiger partial charge in [0, 0.05) is 23.4 Å². The van der Waals surface area contributed by atoms with Crippen molar-refractivity contribution in [2.45, 2.75) is 34.1 Å². The number of aromatic nitrogens is 3. The van der Waals surface area contributed by atoms with E-state index in [0.29, 0.717) is 5.56 Å². The molecule has 0 saturated heterocycles. The molecule has 0 fully saturated rings. The predicted octanol–water partition coefficient (Wildman–Crippen LogP) is 5.56. The summed E-state index contributed by atoms with van der Waals surface area (Å²) < 4.78 is 1.87. The standard InChI is InChI=1S/C21H18N4.C2H6/c1-4-15-10-18-17(9-13(15)2)20-19(12-23-18)25(3)24-21(20)16-7-5-14(11-22)6-8-16;1-2/h5-10,12H,4H2,1-3H3;1-2H3. The number of pyridine rings is 1. The zero-order valence-corrected chi connectivity index (χ0v) is 16.5. The molecule has 0 atom stereocenters. The summed E-state index contributed by atoms with van der Waals surface area (Å²) in [5, 5.41) is 16.0. The second-order valence-electron chi connectivity index (χ2n) is 6.33. The first-order valence-corrected chi connectivity index (χ1v) is 9.38. The highest BCUT2D eigenvalue weighted by Gasteiger charge is 2.15. The van der Waals surface area contributed by atoms with Gasteiger partial charge in [0.05, 0.1) is 28.9 Å². The lowest BCUT2D eigenvalue weighted by Gasteiger charge is -2.07. The van der Waals surface area contributed by atoms with Gasteiger partial charge in [0.1, 0.15) is 5.69 Å². The molecule has 27 heavy (non-hydrogen) atoms. The molecule has 0 aliphatic heterocycles. The van der Waals surface area contributed by atoms with Crippen LogP contribution in [0, 0.1) is 18.3 Å². The first-order valence-electron chi connectivity index (χ1n) is 9.38. The van der Waals surface area contributed by atoms with Gasteiger partial charge in [0.2, 0.25) is 0 Å². The smallest absolute Gasteiger partial charge is 0.101 e. The SMILES string of the molecule is CC.CCc1cc2ncc3c(c(-c4ccc(C#N)cc4)nn3C)c2cc1C. The Bertz CT molecular complexity index is 1150. The van der Waals surface area contributed by atoms with E-state index in [1.165, 1.54) is 11.1 Å². The van der Waals surface area contributed by atoms with E-state index in [-0.39, 0.29) is 0 Å². The first-order chi connectivity index (χ1) is 13.1. The fourth-order valence-corrected chi connectivity index (χ4v) is 3.41. The molecule has 0 radical (unpaired) electrons. The first kappa shape index (κ1) is 18.6. The van der Waals surface area contributed by atoms with Gasteiger partial charge in [0.15, 0.2) is 0 Å². The molecule has 0 bridgehead atoms. The second-order valence-corrected chi connectivity index (χ2v) is 6.33. The number of fused-ring (bicyclic) bond motifs is 3. The Morgan fingerprint density at radius 2 is 1.81 bits per heavy atom. The summed E-state index contributed by atoms with van der Waals surface area (Å²) in [5.74, 6) is 0. The van der Waals surface area contributed by atoms with Gasteiger partial charge in [-0.15, -0.1) is 0 Å².